The van der Waals surface area contributed by atoms with Gasteiger partial charge in [-0.1, -0.05) is 32.1 Å². The summed E-state index contributed by atoms with van der Waals surface area (Å²) in [5.74, 6) is -0.959. The molecule has 5 fully saturated rings. The molecule has 1 N–H and O–H groups in total. The first kappa shape index (κ1) is 27.6. The van der Waals surface area contributed by atoms with Crippen LogP contribution in [0.15, 0.2) is 0 Å². The fraction of sp³-hybridized carbons (Fsp3) is 0.962. The summed E-state index contributed by atoms with van der Waals surface area (Å²) in [6.07, 6.45) is 6.65. The molecule has 5 rings (SSSR count). The molecular formula is C26H43F3N4O3S. The molecule has 7 nitrogen and oxygen atoms in total. The number of hydrogen-bond donors (Lipinski definition) is 1. The van der Waals surface area contributed by atoms with Crippen molar-refractivity contribution in [3.8, 4) is 0 Å². The lowest BCUT2D eigenvalue weighted by molar-refractivity contribution is -0.172. The number of rotatable bonds is 4. The lowest BCUT2D eigenvalue weighted by Gasteiger charge is -2.43. The van der Waals surface area contributed by atoms with Gasteiger partial charge in [0, 0.05) is 38.8 Å². The minimum absolute atomic E-state index is 0.217. The molecular weight excluding hydrogens is 505 g/mol. The van der Waals surface area contributed by atoms with Gasteiger partial charge in [-0.3, -0.25) is 4.79 Å². The van der Waals surface area contributed by atoms with Crippen LogP contribution >= 0.6 is 0 Å². The van der Waals surface area contributed by atoms with Gasteiger partial charge in [0.25, 0.3) is 0 Å². The predicted octanol–water partition coefficient (Wildman–Crippen LogP) is 3.91. The SMILES string of the molecule is O=C(C1C2CC(C3CCN(S(=O)(=O)C4CCCCC4)CC3)CCN2NC1C(F)(F)F)N1CCCCCC1. The van der Waals surface area contributed by atoms with Gasteiger partial charge >= 0.3 is 6.18 Å². The summed E-state index contributed by atoms with van der Waals surface area (Å²) in [4.78, 5) is 15.2. The maximum atomic E-state index is 14.1. The molecule has 5 aliphatic rings. The molecule has 1 saturated carbocycles. The van der Waals surface area contributed by atoms with E-state index in [0.717, 1.165) is 77.0 Å². The number of nitrogens with one attached hydrogen (secondary N) is 1. The number of carbonyl (C=O) groups is 1. The second kappa shape index (κ2) is 11.3. The Hall–Kier alpha value is -0.910. The molecule has 212 valence electrons. The summed E-state index contributed by atoms with van der Waals surface area (Å²) in [6, 6.07) is -2.31. The van der Waals surface area contributed by atoms with Gasteiger partial charge in [0.05, 0.1) is 11.2 Å². The fourth-order valence-corrected chi connectivity index (χ4v) is 9.77. The Morgan fingerprint density at radius 3 is 1.97 bits per heavy atom. The van der Waals surface area contributed by atoms with E-state index in [-0.39, 0.29) is 17.1 Å². The van der Waals surface area contributed by atoms with Crippen LogP contribution in [0.5, 0.6) is 0 Å². The number of nitrogens with zero attached hydrogens (tertiary/aromatic N) is 3. The Labute approximate surface area is 219 Å². The van der Waals surface area contributed by atoms with E-state index >= 15 is 0 Å². The number of hydrogen-bond acceptors (Lipinski definition) is 5. The number of halogens is 3. The van der Waals surface area contributed by atoms with Crippen LogP contribution < -0.4 is 5.43 Å². The quantitative estimate of drug-likeness (QED) is 0.577. The monoisotopic (exact) mass is 548 g/mol. The Morgan fingerprint density at radius 1 is 0.757 bits per heavy atom. The number of fused-ring (bicyclic) bond motifs is 1. The van der Waals surface area contributed by atoms with E-state index in [4.69, 9.17) is 0 Å². The van der Waals surface area contributed by atoms with Gasteiger partial charge in [-0.25, -0.2) is 23.2 Å². The van der Waals surface area contributed by atoms with Crippen molar-refractivity contribution in [3.63, 3.8) is 0 Å². The van der Waals surface area contributed by atoms with Crippen molar-refractivity contribution in [1.82, 2.24) is 19.6 Å². The van der Waals surface area contributed by atoms with E-state index in [1.807, 2.05) is 0 Å². The van der Waals surface area contributed by atoms with Gasteiger partial charge in [-0.15, -0.1) is 0 Å². The Kier molecular flexibility index (Phi) is 8.44. The topological polar surface area (TPSA) is 73.0 Å². The molecule has 37 heavy (non-hydrogen) atoms. The maximum Gasteiger partial charge on any atom is 0.406 e. The summed E-state index contributed by atoms with van der Waals surface area (Å²) < 4.78 is 70.3. The zero-order valence-electron chi connectivity index (χ0n) is 21.8. The molecule has 4 aliphatic heterocycles. The Bertz CT molecular complexity index is 895. The molecule has 0 aromatic heterocycles. The second-order valence-corrected chi connectivity index (χ2v) is 14.2. The first-order valence-electron chi connectivity index (χ1n) is 14.5. The number of amides is 1. The third-order valence-electron chi connectivity index (χ3n) is 9.82. The summed E-state index contributed by atoms with van der Waals surface area (Å²) in [5, 5.41) is 1.44. The average Bonchev–Trinajstić information content (AvgIpc) is 3.08. The molecule has 0 aromatic rings. The number of carbonyl (C=O) groups excluding carboxylic acids is 1. The smallest absolute Gasteiger partial charge is 0.342 e. The van der Waals surface area contributed by atoms with Gasteiger partial charge in [-0.2, -0.15) is 13.2 Å². The van der Waals surface area contributed by atoms with Crippen LogP contribution in [0.1, 0.15) is 83.5 Å². The zero-order valence-corrected chi connectivity index (χ0v) is 22.6. The fourth-order valence-electron chi connectivity index (χ4n) is 7.70. The lowest BCUT2D eigenvalue weighted by atomic mass is 9.74. The molecule has 1 amide bonds. The normalized spacial score (nSPS) is 34.3. The average molecular weight is 549 g/mol. The maximum absolute atomic E-state index is 14.1. The van der Waals surface area contributed by atoms with Gasteiger partial charge in [0.1, 0.15) is 6.04 Å². The molecule has 4 heterocycles. The standard InChI is InChI=1S/C26H43F3N4O3S/c27-26(28,29)24-23(25(34)31-13-6-1-2-7-14-31)22-18-20(12-17-33(22)30-24)19-10-15-32(16-11-19)37(35,36)21-8-4-3-5-9-21/h19-24,30H,1-18H2. The van der Waals surface area contributed by atoms with Crippen LogP contribution in [0, 0.1) is 17.8 Å². The number of alkyl halides is 3. The third kappa shape index (κ3) is 5.84. The Morgan fingerprint density at radius 2 is 1.35 bits per heavy atom. The van der Waals surface area contributed by atoms with Crippen molar-refractivity contribution in [2.75, 3.05) is 32.7 Å². The van der Waals surface area contributed by atoms with E-state index in [2.05, 4.69) is 5.43 Å². The van der Waals surface area contributed by atoms with Crippen LogP contribution in [0.2, 0.25) is 0 Å². The van der Waals surface area contributed by atoms with E-state index in [9.17, 15) is 26.4 Å². The number of sulfonamides is 1. The van der Waals surface area contributed by atoms with Crippen molar-refractivity contribution in [2.24, 2.45) is 17.8 Å². The van der Waals surface area contributed by atoms with Crippen molar-refractivity contribution in [1.29, 1.82) is 0 Å². The van der Waals surface area contributed by atoms with Gasteiger partial charge in [0.2, 0.25) is 15.9 Å². The zero-order chi connectivity index (χ0) is 26.2. The number of likely N-dealkylation sites (tertiary alicyclic amines) is 1. The highest BCUT2D eigenvalue weighted by atomic mass is 32.2. The first-order valence-corrected chi connectivity index (χ1v) is 16.0. The molecule has 0 aromatic carbocycles. The predicted molar refractivity (Wildman–Crippen MR) is 135 cm³/mol. The molecule has 4 atom stereocenters. The first-order chi connectivity index (χ1) is 17.7. The molecule has 1 aliphatic carbocycles. The van der Waals surface area contributed by atoms with Crippen LogP contribution in [0.4, 0.5) is 13.2 Å². The molecule has 11 heteroatoms. The second-order valence-electron chi connectivity index (χ2n) is 12.0. The minimum atomic E-state index is -4.49. The summed E-state index contributed by atoms with van der Waals surface area (Å²) in [7, 11) is -3.27. The molecule has 4 saturated heterocycles. The third-order valence-corrected chi connectivity index (χ3v) is 12.2. The molecule has 4 unspecified atom stereocenters. The van der Waals surface area contributed by atoms with Gasteiger partial charge < -0.3 is 4.90 Å². The van der Waals surface area contributed by atoms with Crippen molar-refractivity contribution in [2.45, 2.75) is 107 Å². The highest BCUT2D eigenvalue weighted by molar-refractivity contribution is 7.89. The van der Waals surface area contributed by atoms with Crippen molar-refractivity contribution < 1.29 is 26.4 Å². The number of piperidine rings is 2. The van der Waals surface area contributed by atoms with E-state index < -0.39 is 34.2 Å². The number of hydrazine groups is 1. The Balaban J connectivity index is 1.25. The van der Waals surface area contributed by atoms with Crippen LogP contribution in [0.3, 0.4) is 0 Å². The molecule has 0 spiro atoms. The largest absolute Gasteiger partial charge is 0.406 e. The van der Waals surface area contributed by atoms with Gasteiger partial charge in [0.15, 0.2) is 0 Å². The minimum Gasteiger partial charge on any atom is -0.342 e. The summed E-state index contributed by atoms with van der Waals surface area (Å²) in [5.41, 5.74) is 2.68. The van der Waals surface area contributed by atoms with Crippen LogP contribution in [0.25, 0.3) is 0 Å². The van der Waals surface area contributed by atoms with E-state index in [1.54, 1.807) is 14.2 Å². The molecule has 0 bridgehead atoms. The summed E-state index contributed by atoms with van der Waals surface area (Å²) in [6.45, 7) is 2.60. The molecule has 0 radical (unpaired) electrons. The van der Waals surface area contributed by atoms with E-state index in [1.165, 1.54) is 0 Å². The van der Waals surface area contributed by atoms with Crippen LogP contribution in [-0.4, -0.2) is 84.8 Å². The van der Waals surface area contributed by atoms with Crippen LogP contribution in [-0.2, 0) is 14.8 Å². The van der Waals surface area contributed by atoms with Crippen molar-refractivity contribution >= 4 is 15.9 Å². The highest BCUT2D eigenvalue weighted by Gasteiger charge is 2.59. The lowest BCUT2D eigenvalue weighted by Crippen LogP contribution is -2.51. The summed E-state index contributed by atoms with van der Waals surface area (Å²) >= 11 is 0. The van der Waals surface area contributed by atoms with E-state index in [0.29, 0.717) is 45.1 Å². The van der Waals surface area contributed by atoms with Gasteiger partial charge in [-0.05, 0) is 63.2 Å². The van der Waals surface area contributed by atoms with Crippen molar-refractivity contribution in [3.05, 3.63) is 0 Å². The highest BCUT2D eigenvalue weighted by Crippen LogP contribution is 2.44.